The molecule has 2 nitrogen and oxygen atoms in total. The lowest BCUT2D eigenvalue weighted by Crippen LogP contribution is -2.39. The van der Waals surface area contributed by atoms with E-state index < -0.39 is 6.04 Å². The molecule has 1 aromatic carbocycles. The summed E-state index contributed by atoms with van der Waals surface area (Å²) < 4.78 is 0. The van der Waals surface area contributed by atoms with Gasteiger partial charge < -0.3 is 5.73 Å². The van der Waals surface area contributed by atoms with E-state index in [2.05, 4.69) is 0 Å². The van der Waals surface area contributed by atoms with Gasteiger partial charge in [-0.05, 0) is 16.5 Å². The monoisotopic (exact) mass is 159 g/mol. The molecule has 0 aliphatic heterocycles. The minimum absolute atomic E-state index is 0.0197. The second-order valence-electron chi connectivity index (χ2n) is 2.87. The molecule has 2 heteroatoms. The Morgan fingerprint density at radius 3 is 2.58 bits per heavy atom. The maximum absolute atomic E-state index is 11.1. The van der Waals surface area contributed by atoms with Gasteiger partial charge in [0, 0.05) is 0 Å². The molecule has 60 valence electrons. The Morgan fingerprint density at radius 1 is 1.17 bits per heavy atom. The maximum Gasteiger partial charge on any atom is 0.176 e. The van der Waals surface area contributed by atoms with Crippen LogP contribution in [0.2, 0.25) is 0 Å². The molecule has 1 aromatic rings. The van der Waals surface area contributed by atoms with E-state index in [0.29, 0.717) is 0 Å². The minimum Gasteiger partial charge on any atom is -0.318 e. The molecule has 0 saturated carbocycles. The third kappa shape index (κ3) is 1.06. The number of rotatable bonds is 0. The van der Waals surface area contributed by atoms with Crippen LogP contribution in [0.5, 0.6) is 0 Å². The number of Topliss-reactive ketones (excluding diaryl/α,β-unsaturated/α-hetero) is 1. The van der Waals surface area contributed by atoms with Crippen molar-refractivity contribution in [1.82, 2.24) is 0 Å². The Morgan fingerprint density at radius 2 is 1.83 bits per heavy atom. The number of hydrogen-bond acceptors (Lipinski definition) is 2. The molecule has 0 bridgehead atoms. The van der Waals surface area contributed by atoms with Crippen LogP contribution in [0.15, 0.2) is 24.3 Å². The molecule has 0 saturated heterocycles. The summed E-state index contributed by atoms with van der Waals surface area (Å²) in [6.07, 6.45) is 3.39. The first-order chi connectivity index (χ1) is 5.77. The number of carbonyl (C=O) groups is 1. The van der Waals surface area contributed by atoms with Crippen molar-refractivity contribution in [2.45, 2.75) is 6.04 Å². The van der Waals surface area contributed by atoms with Crippen LogP contribution >= 0.6 is 0 Å². The topological polar surface area (TPSA) is 43.1 Å². The molecule has 2 N–H and O–H groups in total. The first kappa shape index (κ1) is 7.25. The fourth-order valence-corrected chi connectivity index (χ4v) is 1.32. The summed E-state index contributed by atoms with van der Waals surface area (Å²) in [5, 5.41) is 2.01. The van der Waals surface area contributed by atoms with Crippen molar-refractivity contribution in [3.63, 3.8) is 0 Å². The van der Waals surface area contributed by atoms with Crippen molar-refractivity contribution in [3.8, 4) is 0 Å². The van der Waals surface area contributed by atoms with Gasteiger partial charge in [-0.2, -0.15) is 0 Å². The van der Waals surface area contributed by atoms with Crippen molar-refractivity contribution in [2.24, 2.45) is 5.73 Å². The standard InChI is InChI=1S/C10H9NO/c11-9-5-7-3-1-2-4-8(7)6-10(9)12/h1-6,9H,11H2. The van der Waals surface area contributed by atoms with Crippen molar-refractivity contribution < 1.29 is 4.79 Å². The molecule has 0 fully saturated rings. The fraction of sp³-hybridized carbons (Fsp3) is 0.100. The van der Waals surface area contributed by atoms with Crippen molar-refractivity contribution >= 4 is 17.9 Å². The molecule has 1 aliphatic rings. The lowest BCUT2D eigenvalue weighted by Gasteiger charge is -2.05. The summed E-state index contributed by atoms with van der Waals surface area (Å²) >= 11 is 0. The van der Waals surface area contributed by atoms with E-state index in [1.165, 1.54) is 0 Å². The molecule has 12 heavy (non-hydrogen) atoms. The van der Waals surface area contributed by atoms with E-state index >= 15 is 0 Å². The highest BCUT2D eigenvalue weighted by atomic mass is 16.1. The van der Waals surface area contributed by atoms with Crippen LogP contribution in [-0.4, -0.2) is 11.8 Å². The van der Waals surface area contributed by atoms with E-state index in [-0.39, 0.29) is 5.78 Å². The predicted molar refractivity (Wildman–Crippen MR) is 47.6 cm³/mol. The molecule has 0 radical (unpaired) electrons. The quantitative estimate of drug-likeness (QED) is 0.536. The van der Waals surface area contributed by atoms with Gasteiger partial charge in [0.05, 0.1) is 6.04 Å². The summed E-state index contributed by atoms with van der Waals surface area (Å²) in [6, 6.07) is 7.26. The highest BCUT2D eigenvalue weighted by Gasteiger charge is 2.09. The Labute approximate surface area is 70.0 Å². The molecule has 0 spiro atoms. The number of hydrogen-bond donors (Lipinski definition) is 1. The number of benzene rings is 1. The Hall–Kier alpha value is -1.41. The van der Waals surface area contributed by atoms with Crippen LogP contribution in [0.4, 0.5) is 0 Å². The third-order valence-electron chi connectivity index (χ3n) is 1.98. The smallest absolute Gasteiger partial charge is 0.176 e. The van der Waals surface area contributed by atoms with Crippen molar-refractivity contribution in [3.05, 3.63) is 34.7 Å². The Kier molecular flexibility index (Phi) is 1.55. The molecule has 1 aliphatic carbocycles. The summed E-state index contributed by atoms with van der Waals surface area (Å²) in [5.74, 6) is -0.0197. The van der Waals surface area contributed by atoms with Crippen molar-refractivity contribution in [1.29, 1.82) is 0 Å². The van der Waals surface area contributed by atoms with Gasteiger partial charge in [-0.15, -0.1) is 0 Å². The number of fused-ring (bicyclic) bond motifs is 1. The average molecular weight is 159 g/mol. The Bertz CT molecular complexity index is 433. The van der Waals surface area contributed by atoms with Crippen LogP contribution in [0.1, 0.15) is 0 Å². The van der Waals surface area contributed by atoms with E-state index in [1.54, 1.807) is 12.2 Å². The largest absolute Gasteiger partial charge is 0.318 e. The first-order valence-electron chi connectivity index (χ1n) is 3.85. The molecule has 0 amide bonds. The summed E-state index contributed by atoms with van der Waals surface area (Å²) in [5.41, 5.74) is 5.56. The second-order valence-corrected chi connectivity index (χ2v) is 2.87. The van der Waals surface area contributed by atoms with Gasteiger partial charge in [-0.25, -0.2) is 0 Å². The molecular weight excluding hydrogens is 150 g/mol. The SMILES string of the molecule is NC1C=c2ccccc2=CC1=O. The summed E-state index contributed by atoms with van der Waals surface area (Å²) in [4.78, 5) is 11.1. The summed E-state index contributed by atoms with van der Waals surface area (Å²) in [6.45, 7) is 0. The van der Waals surface area contributed by atoms with Crippen LogP contribution in [0.25, 0.3) is 12.2 Å². The Balaban J connectivity index is 2.79. The zero-order valence-electron chi connectivity index (χ0n) is 6.53. The normalized spacial score (nSPS) is 20.8. The number of nitrogens with two attached hydrogens (primary N) is 1. The molecule has 1 atom stereocenters. The van der Waals surface area contributed by atoms with Gasteiger partial charge in [0.2, 0.25) is 0 Å². The lowest BCUT2D eigenvalue weighted by molar-refractivity contribution is -0.113. The highest BCUT2D eigenvalue weighted by molar-refractivity contribution is 6.13. The van der Waals surface area contributed by atoms with Gasteiger partial charge in [-0.3, -0.25) is 4.79 Å². The van der Waals surface area contributed by atoms with Crippen LogP contribution < -0.4 is 16.2 Å². The molecule has 0 heterocycles. The first-order valence-corrected chi connectivity index (χ1v) is 3.85. The number of carbonyl (C=O) groups excluding carboxylic acids is 1. The third-order valence-corrected chi connectivity index (χ3v) is 1.98. The van der Waals surface area contributed by atoms with Crippen molar-refractivity contribution in [2.75, 3.05) is 0 Å². The number of ketones is 1. The minimum atomic E-state index is -0.458. The molecule has 1 unspecified atom stereocenters. The summed E-state index contributed by atoms with van der Waals surface area (Å²) in [7, 11) is 0. The van der Waals surface area contributed by atoms with E-state index in [4.69, 9.17) is 5.73 Å². The zero-order valence-corrected chi connectivity index (χ0v) is 6.53. The molecule has 2 rings (SSSR count). The van der Waals surface area contributed by atoms with E-state index in [9.17, 15) is 4.79 Å². The predicted octanol–water partition coefficient (Wildman–Crippen LogP) is -0.842. The van der Waals surface area contributed by atoms with Gasteiger partial charge in [0.25, 0.3) is 0 Å². The van der Waals surface area contributed by atoms with Crippen LogP contribution in [0, 0.1) is 0 Å². The second kappa shape index (κ2) is 2.57. The van der Waals surface area contributed by atoms with E-state index in [0.717, 1.165) is 10.4 Å². The molecular formula is C10H9NO. The highest BCUT2D eigenvalue weighted by Crippen LogP contribution is 1.89. The van der Waals surface area contributed by atoms with Crippen LogP contribution in [-0.2, 0) is 4.79 Å². The van der Waals surface area contributed by atoms with Gasteiger partial charge >= 0.3 is 0 Å². The molecule has 0 aromatic heterocycles. The fourth-order valence-electron chi connectivity index (χ4n) is 1.32. The lowest BCUT2D eigenvalue weighted by atomic mass is 10.0. The van der Waals surface area contributed by atoms with Gasteiger partial charge in [0.15, 0.2) is 5.78 Å². The maximum atomic E-state index is 11.1. The van der Waals surface area contributed by atoms with Gasteiger partial charge in [-0.1, -0.05) is 30.3 Å². The zero-order chi connectivity index (χ0) is 8.55. The van der Waals surface area contributed by atoms with E-state index in [1.807, 2.05) is 24.3 Å². The average Bonchev–Trinajstić information content (AvgIpc) is 2.07. The van der Waals surface area contributed by atoms with Gasteiger partial charge in [0.1, 0.15) is 0 Å². The van der Waals surface area contributed by atoms with Crippen LogP contribution in [0.3, 0.4) is 0 Å².